The molecule has 2 aromatic carbocycles. The van der Waals surface area contributed by atoms with E-state index >= 15 is 4.39 Å². The fourth-order valence-corrected chi connectivity index (χ4v) is 6.01. The van der Waals surface area contributed by atoms with E-state index in [1.165, 1.54) is 17.4 Å². The second kappa shape index (κ2) is 13.9. The van der Waals surface area contributed by atoms with Gasteiger partial charge >= 0.3 is 0 Å². The van der Waals surface area contributed by atoms with E-state index in [1.807, 2.05) is 54.2 Å². The van der Waals surface area contributed by atoms with Crippen molar-refractivity contribution in [3.63, 3.8) is 0 Å². The van der Waals surface area contributed by atoms with E-state index in [4.69, 9.17) is 21.7 Å². The number of aromatic nitrogens is 3. The van der Waals surface area contributed by atoms with Gasteiger partial charge in [-0.2, -0.15) is 0 Å². The minimum absolute atomic E-state index is 0.0455. The highest BCUT2D eigenvalue weighted by atomic mass is 32.1. The van der Waals surface area contributed by atoms with Crippen LogP contribution in [0.5, 0.6) is 11.5 Å². The topological polar surface area (TPSA) is 78.3 Å². The molecule has 0 amide bonds. The highest BCUT2D eigenvalue weighted by molar-refractivity contribution is 7.80. The number of thiocarbonyl (C=S) groups is 1. The lowest BCUT2D eigenvalue weighted by molar-refractivity contribution is -0.117. The molecule has 0 saturated carbocycles. The summed E-state index contributed by atoms with van der Waals surface area (Å²) >= 11 is 6.95. The van der Waals surface area contributed by atoms with Crippen LogP contribution >= 0.6 is 23.6 Å². The number of ketones is 1. The first-order valence-corrected chi connectivity index (χ1v) is 14.8. The zero-order valence-electron chi connectivity index (χ0n) is 23.4. The Morgan fingerprint density at radius 2 is 1.88 bits per heavy atom. The summed E-state index contributed by atoms with van der Waals surface area (Å²) in [5.41, 5.74) is 3.44. The van der Waals surface area contributed by atoms with Crippen LogP contribution in [-0.2, 0) is 36.0 Å². The van der Waals surface area contributed by atoms with Gasteiger partial charge in [0.1, 0.15) is 17.4 Å². The number of rotatable bonds is 14. The molecule has 7 nitrogen and oxygen atoms in total. The molecule has 0 unspecified atom stereocenters. The van der Waals surface area contributed by atoms with Crippen molar-refractivity contribution in [1.82, 2.24) is 19.9 Å². The molecule has 10 heteroatoms. The molecule has 0 aliphatic carbocycles. The van der Waals surface area contributed by atoms with Gasteiger partial charge in [-0.15, -0.1) is 11.3 Å². The minimum Gasteiger partial charge on any atom is -0.453 e. The van der Waals surface area contributed by atoms with Gasteiger partial charge in [-0.1, -0.05) is 48.6 Å². The van der Waals surface area contributed by atoms with Gasteiger partial charge in [0.2, 0.25) is 0 Å². The zero-order chi connectivity index (χ0) is 29.5. The molecule has 0 radical (unpaired) electrons. The third-order valence-corrected chi connectivity index (χ3v) is 8.15. The number of benzene rings is 2. The second-order valence-corrected chi connectivity index (χ2v) is 11.5. The van der Waals surface area contributed by atoms with Gasteiger partial charge in [0.05, 0.1) is 33.6 Å². The molecule has 0 atom stereocenters. The first kappa shape index (κ1) is 29.7. The van der Waals surface area contributed by atoms with Crippen LogP contribution in [0.3, 0.4) is 0 Å². The number of hydrogen-bond donors (Lipinski definition) is 1. The van der Waals surface area contributed by atoms with Crippen LogP contribution < -0.4 is 10.1 Å². The average molecular weight is 603 g/mol. The maximum atomic E-state index is 15.1. The van der Waals surface area contributed by atoms with Crippen molar-refractivity contribution in [2.45, 2.75) is 25.8 Å². The first-order valence-electron chi connectivity index (χ1n) is 13.5. The zero-order valence-corrected chi connectivity index (χ0v) is 25.1. The Morgan fingerprint density at radius 1 is 1.05 bits per heavy atom. The normalized spacial score (nSPS) is 11.2. The number of fused-ring (bicyclic) bond motifs is 1. The van der Waals surface area contributed by atoms with Crippen LogP contribution in [0.25, 0.3) is 20.9 Å². The Bertz CT molecular complexity index is 1700. The molecule has 5 aromatic rings. The number of nitrogens with one attached hydrogen (secondary N) is 1. The summed E-state index contributed by atoms with van der Waals surface area (Å²) in [5, 5.41) is 3.34. The number of carbonyl (C=O) groups is 1. The Morgan fingerprint density at radius 3 is 2.67 bits per heavy atom. The van der Waals surface area contributed by atoms with E-state index in [1.54, 1.807) is 31.5 Å². The van der Waals surface area contributed by atoms with Gasteiger partial charge in [-0.3, -0.25) is 9.78 Å². The lowest BCUT2D eigenvalue weighted by Gasteiger charge is -2.10. The molecule has 0 aliphatic heterocycles. The van der Waals surface area contributed by atoms with E-state index in [0.29, 0.717) is 42.2 Å². The number of pyridine rings is 1. The number of ether oxygens (including phenoxy) is 2. The van der Waals surface area contributed by atoms with E-state index < -0.39 is 5.82 Å². The highest BCUT2D eigenvalue weighted by Crippen LogP contribution is 2.39. The van der Waals surface area contributed by atoms with Gasteiger partial charge in [0, 0.05) is 63.6 Å². The summed E-state index contributed by atoms with van der Waals surface area (Å²) in [6, 6.07) is 18.1. The number of Topliss-reactive ketones (excluding diaryl/α,β-unsaturated/α-hetero) is 1. The Labute approximate surface area is 253 Å². The van der Waals surface area contributed by atoms with Crippen molar-refractivity contribution in [2.24, 2.45) is 7.05 Å². The number of hydrogen-bond acceptors (Lipinski definition) is 8. The fraction of sp³-hybridized carbons (Fsp3) is 0.250. The maximum Gasteiger partial charge on any atom is 0.166 e. The fourth-order valence-electron chi connectivity index (χ4n) is 4.59. The second-order valence-electron chi connectivity index (χ2n) is 9.90. The standard InChI is InChI=1S/C32H31FN4O3S2/c1-37-23(19-34-12-13-39-2)20-36-32(37)30-18-27-31(42-30)29(10-11-35-27)40-28-9-8-22(16-26(28)33)15-25(41)17-24(38)14-21-6-4-3-5-7-21/h3-11,16,18,20,34H,12-15,17,19H2,1-2H3. The van der Waals surface area contributed by atoms with Crippen LogP contribution in [0.1, 0.15) is 23.2 Å². The molecule has 3 aromatic heterocycles. The predicted molar refractivity (Wildman–Crippen MR) is 168 cm³/mol. The SMILES string of the molecule is COCCNCc1cnc(-c2cc3nccc(Oc4ccc(CC(=S)CC(=O)Cc5ccccc5)cc4F)c3s2)n1C. The van der Waals surface area contributed by atoms with Crippen molar-refractivity contribution in [1.29, 1.82) is 0 Å². The quantitative estimate of drug-likeness (QED) is 0.115. The number of imidazole rings is 1. The van der Waals surface area contributed by atoms with Crippen LogP contribution in [0.15, 0.2) is 73.1 Å². The first-order chi connectivity index (χ1) is 20.4. The van der Waals surface area contributed by atoms with Crippen molar-refractivity contribution in [3.8, 4) is 22.2 Å². The molecule has 5 rings (SSSR count). The van der Waals surface area contributed by atoms with Gasteiger partial charge in [-0.05, 0) is 29.3 Å². The largest absolute Gasteiger partial charge is 0.453 e. The average Bonchev–Trinajstić information content (AvgIpc) is 3.56. The van der Waals surface area contributed by atoms with Gasteiger partial charge < -0.3 is 19.4 Å². The third-order valence-electron chi connectivity index (χ3n) is 6.73. The highest BCUT2D eigenvalue weighted by Gasteiger charge is 2.17. The van der Waals surface area contributed by atoms with E-state index in [9.17, 15) is 4.79 Å². The number of carbonyl (C=O) groups excluding carboxylic acids is 1. The Balaban J connectivity index is 1.25. The smallest absolute Gasteiger partial charge is 0.166 e. The van der Waals surface area contributed by atoms with Crippen molar-refractivity contribution in [2.75, 3.05) is 20.3 Å². The Kier molecular flexibility index (Phi) is 9.81. The summed E-state index contributed by atoms with van der Waals surface area (Å²) < 4.78 is 29.1. The van der Waals surface area contributed by atoms with Crippen molar-refractivity contribution >= 4 is 44.4 Å². The molecule has 0 fully saturated rings. The number of thiophene rings is 1. The van der Waals surface area contributed by atoms with Crippen LogP contribution in [0.2, 0.25) is 0 Å². The lowest BCUT2D eigenvalue weighted by atomic mass is 10.0. The van der Waals surface area contributed by atoms with Gasteiger partial charge in [-0.25, -0.2) is 9.37 Å². The molecule has 0 spiro atoms. The van der Waals surface area contributed by atoms with Crippen LogP contribution in [0.4, 0.5) is 4.39 Å². The summed E-state index contributed by atoms with van der Waals surface area (Å²) in [5.74, 6) is 0.988. The van der Waals surface area contributed by atoms with Crippen LogP contribution in [0, 0.1) is 5.82 Å². The summed E-state index contributed by atoms with van der Waals surface area (Å²) in [6.45, 7) is 2.07. The lowest BCUT2D eigenvalue weighted by Crippen LogP contribution is -2.20. The molecule has 0 saturated heterocycles. The summed E-state index contributed by atoms with van der Waals surface area (Å²) in [6.07, 6.45) is 4.36. The van der Waals surface area contributed by atoms with Gasteiger partial charge in [0.15, 0.2) is 11.6 Å². The molecule has 216 valence electrons. The molecule has 42 heavy (non-hydrogen) atoms. The molecule has 0 bridgehead atoms. The molecule has 1 N–H and O–H groups in total. The molecular weight excluding hydrogens is 572 g/mol. The van der Waals surface area contributed by atoms with Gasteiger partial charge in [0.25, 0.3) is 0 Å². The molecule has 0 aliphatic rings. The van der Waals surface area contributed by atoms with E-state index in [2.05, 4.69) is 15.3 Å². The monoisotopic (exact) mass is 602 g/mol. The van der Waals surface area contributed by atoms with E-state index in [-0.39, 0.29) is 18.0 Å². The summed E-state index contributed by atoms with van der Waals surface area (Å²) in [7, 11) is 3.66. The number of halogens is 1. The molecule has 3 heterocycles. The van der Waals surface area contributed by atoms with Crippen molar-refractivity contribution in [3.05, 3.63) is 95.7 Å². The Hall–Kier alpha value is -3.83. The number of nitrogens with zero attached hydrogens (tertiary/aromatic N) is 3. The maximum absolute atomic E-state index is 15.1. The third kappa shape index (κ3) is 7.32. The predicted octanol–water partition coefficient (Wildman–Crippen LogP) is 6.48. The van der Waals surface area contributed by atoms with Crippen molar-refractivity contribution < 1.29 is 18.7 Å². The molecular formula is C32H31FN4O3S2. The number of methoxy groups -OCH3 is 1. The van der Waals surface area contributed by atoms with E-state index in [0.717, 1.165) is 38.7 Å². The minimum atomic E-state index is -0.498. The summed E-state index contributed by atoms with van der Waals surface area (Å²) in [4.78, 5) is 23.0. The van der Waals surface area contributed by atoms with Crippen LogP contribution in [-0.4, -0.2) is 45.4 Å².